The number of hydrogen-bond acceptors (Lipinski definition) is 5. The molecule has 5 nitrogen and oxygen atoms in total. The zero-order chi connectivity index (χ0) is 13.1. The van der Waals surface area contributed by atoms with Crippen molar-refractivity contribution in [1.29, 1.82) is 0 Å². The average molecular weight is 255 g/mol. The highest BCUT2D eigenvalue weighted by Crippen LogP contribution is 2.17. The van der Waals surface area contributed by atoms with Crippen molar-refractivity contribution in [1.82, 2.24) is 15.0 Å². The second-order valence-electron chi connectivity index (χ2n) is 4.77. The number of rotatable bonds is 3. The number of benzene rings is 1. The van der Waals surface area contributed by atoms with Crippen LogP contribution in [-0.4, -0.2) is 28.0 Å². The van der Waals surface area contributed by atoms with Crippen LogP contribution in [-0.2, 0) is 6.42 Å². The number of aromatic nitrogens is 3. The van der Waals surface area contributed by atoms with Gasteiger partial charge >= 0.3 is 0 Å². The summed E-state index contributed by atoms with van der Waals surface area (Å²) in [6, 6.07) is 10.2. The molecule has 1 saturated heterocycles. The zero-order valence-electron chi connectivity index (χ0n) is 10.8. The van der Waals surface area contributed by atoms with Crippen LogP contribution in [0, 0.1) is 0 Å². The smallest absolute Gasteiger partial charge is 0.230 e. The first kappa shape index (κ1) is 11.9. The fourth-order valence-electron chi connectivity index (χ4n) is 2.34. The Labute approximate surface area is 112 Å². The van der Waals surface area contributed by atoms with Crippen LogP contribution in [0.25, 0.3) is 0 Å². The topological polar surface area (TPSA) is 67.9 Å². The van der Waals surface area contributed by atoms with Gasteiger partial charge < -0.3 is 10.6 Å². The van der Waals surface area contributed by atoms with E-state index in [0.29, 0.717) is 12.4 Å². The maximum atomic E-state index is 5.79. The summed E-state index contributed by atoms with van der Waals surface area (Å²) in [6.07, 6.45) is 3.08. The van der Waals surface area contributed by atoms with Crippen LogP contribution in [0.3, 0.4) is 0 Å². The predicted molar refractivity (Wildman–Crippen MR) is 74.9 cm³/mol. The van der Waals surface area contributed by atoms with Crippen molar-refractivity contribution in [2.75, 3.05) is 23.7 Å². The lowest BCUT2D eigenvalue weighted by molar-refractivity contribution is 0.848. The molecule has 5 heteroatoms. The van der Waals surface area contributed by atoms with Crippen molar-refractivity contribution in [3.8, 4) is 0 Å². The van der Waals surface area contributed by atoms with Gasteiger partial charge in [0.1, 0.15) is 5.82 Å². The van der Waals surface area contributed by atoms with Gasteiger partial charge in [0.05, 0.1) is 0 Å². The molecule has 0 spiro atoms. The standard InChI is InChI=1S/C14H17N5/c15-13-16-12(10-11-6-2-1-3-7-11)17-14(18-13)19-8-4-5-9-19/h1-3,6-7H,4-5,8-10H2,(H2,15,16,17,18). The summed E-state index contributed by atoms with van der Waals surface area (Å²) in [4.78, 5) is 15.2. The van der Waals surface area contributed by atoms with E-state index in [1.165, 1.54) is 18.4 Å². The Hall–Kier alpha value is -2.17. The quantitative estimate of drug-likeness (QED) is 0.903. The van der Waals surface area contributed by atoms with E-state index >= 15 is 0 Å². The molecule has 0 radical (unpaired) electrons. The van der Waals surface area contributed by atoms with Crippen molar-refractivity contribution >= 4 is 11.9 Å². The Balaban J connectivity index is 1.85. The van der Waals surface area contributed by atoms with Gasteiger partial charge in [-0.05, 0) is 18.4 Å². The first-order valence-corrected chi connectivity index (χ1v) is 6.60. The molecule has 0 unspecified atom stereocenters. The van der Waals surface area contributed by atoms with Crippen molar-refractivity contribution in [3.05, 3.63) is 41.7 Å². The average Bonchev–Trinajstić information content (AvgIpc) is 2.93. The normalized spacial score (nSPS) is 14.8. The molecule has 2 heterocycles. The first-order valence-electron chi connectivity index (χ1n) is 6.60. The van der Waals surface area contributed by atoms with E-state index in [0.717, 1.165) is 24.9 Å². The highest BCUT2D eigenvalue weighted by molar-refractivity contribution is 5.36. The molecule has 1 aliphatic heterocycles. The molecule has 1 aliphatic rings. The van der Waals surface area contributed by atoms with Gasteiger partial charge in [0.15, 0.2) is 0 Å². The molecular weight excluding hydrogens is 238 g/mol. The minimum absolute atomic E-state index is 0.308. The summed E-state index contributed by atoms with van der Waals surface area (Å²) in [7, 11) is 0. The van der Waals surface area contributed by atoms with Gasteiger partial charge in [0.25, 0.3) is 0 Å². The molecule has 2 N–H and O–H groups in total. The van der Waals surface area contributed by atoms with Crippen molar-refractivity contribution in [2.45, 2.75) is 19.3 Å². The summed E-state index contributed by atoms with van der Waals surface area (Å²) in [5, 5.41) is 0. The third-order valence-electron chi connectivity index (χ3n) is 3.28. The summed E-state index contributed by atoms with van der Waals surface area (Å²) in [5.74, 6) is 1.76. The molecule has 0 bridgehead atoms. The highest BCUT2D eigenvalue weighted by atomic mass is 15.3. The molecule has 0 atom stereocenters. The second-order valence-corrected chi connectivity index (χ2v) is 4.77. The number of nitrogens with two attached hydrogens (primary N) is 1. The Morgan fingerprint density at radius 2 is 1.74 bits per heavy atom. The summed E-state index contributed by atoms with van der Waals surface area (Å²) < 4.78 is 0. The Morgan fingerprint density at radius 1 is 1.00 bits per heavy atom. The van der Waals surface area contributed by atoms with Gasteiger partial charge in [-0.25, -0.2) is 0 Å². The fourth-order valence-corrected chi connectivity index (χ4v) is 2.34. The minimum atomic E-state index is 0.308. The van der Waals surface area contributed by atoms with Gasteiger partial charge in [-0.15, -0.1) is 0 Å². The number of hydrogen-bond donors (Lipinski definition) is 1. The largest absolute Gasteiger partial charge is 0.368 e. The third kappa shape index (κ3) is 2.81. The van der Waals surface area contributed by atoms with Gasteiger partial charge in [0.2, 0.25) is 11.9 Å². The molecule has 0 amide bonds. The summed E-state index contributed by atoms with van der Waals surface area (Å²) in [5.41, 5.74) is 6.97. The van der Waals surface area contributed by atoms with Crippen LogP contribution in [0.2, 0.25) is 0 Å². The van der Waals surface area contributed by atoms with E-state index in [1.54, 1.807) is 0 Å². The lowest BCUT2D eigenvalue weighted by Crippen LogP contribution is -2.22. The zero-order valence-corrected chi connectivity index (χ0v) is 10.8. The van der Waals surface area contributed by atoms with Crippen LogP contribution >= 0.6 is 0 Å². The maximum absolute atomic E-state index is 5.79. The van der Waals surface area contributed by atoms with Crippen molar-refractivity contribution in [2.24, 2.45) is 0 Å². The van der Waals surface area contributed by atoms with Gasteiger partial charge in [-0.2, -0.15) is 15.0 Å². The molecule has 1 aromatic carbocycles. The Bertz CT molecular complexity index is 549. The van der Waals surface area contributed by atoms with Gasteiger partial charge in [-0.1, -0.05) is 30.3 Å². The Morgan fingerprint density at radius 3 is 2.47 bits per heavy atom. The summed E-state index contributed by atoms with van der Waals surface area (Å²) >= 11 is 0. The predicted octanol–water partition coefficient (Wildman–Crippen LogP) is 1.64. The number of nitrogens with zero attached hydrogens (tertiary/aromatic N) is 4. The van der Waals surface area contributed by atoms with E-state index < -0.39 is 0 Å². The van der Waals surface area contributed by atoms with Crippen LogP contribution in [0.15, 0.2) is 30.3 Å². The van der Waals surface area contributed by atoms with E-state index in [9.17, 15) is 0 Å². The lowest BCUT2D eigenvalue weighted by atomic mass is 10.1. The SMILES string of the molecule is Nc1nc(Cc2ccccc2)nc(N2CCCC2)n1. The molecule has 0 aliphatic carbocycles. The van der Waals surface area contributed by atoms with E-state index in [1.807, 2.05) is 18.2 Å². The molecule has 19 heavy (non-hydrogen) atoms. The van der Waals surface area contributed by atoms with E-state index in [-0.39, 0.29) is 0 Å². The van der Waals surface area contributed by atoms with Crippen LogP contribution in [0.4, 0.5) is 11.9 Å². The maximum Gasteiger partial charge on any atom is 0.230 e. The molecule has 0 saturated carbocycles. The highest BCUT2D eigenvalue weighted by Gasteiger charge is 2.16. The lowest BCUT2D eigenvalue weighted by Gasteiger charge is -2.15. The number of nitrogen functional groups attached to an aromatic ring is 1. The summed E-state index contributed by atoms with van der Waals surface area (Å²) in [6.45, 7) is 2.02. The molecule has 3 rings (SSSR count). The molecule has 98 valence electrons. The fraction of sp³-hybridized carbons (Fsp3) is 0.357. The van der Waals surface area contributed by atoms with Crippen molar-refractivity contribution in [3.63, 3.8) is 0 Å². The molecule has 1 aromatic heterocycles. The second kappa shape index (κ2) is 5.22. The van der Waals surface area contributed by atoms with Gasteiger partial charge in [0, 0.05) is 19.5 Å². The van der Waals surface area contributed by atoms with Crippen LogP contribution < -0.4 is 10.6 Å². The monoisotopic (exact) mass is 255 g/mol. The molecular formula is C14H17N5. The van der Waals surface area contributed by atoms with Crippen LogP contribution in [0.5, 0.6) is 0 Å². The molecule has 2 aromatic rings. The van der Waals surface area contributed by atoms with Gasteiger partial charge in [-0.3, -0.25) is 0 Å². The van der Waals surface area contributed by atoms with E-state index in [2.05, 4.69) is 32.0 Å². The minimum Gasteiger partial charge on any atom is -0.368 e. The third-order valence-corrected chi connectivity index (χ3v) is 3.28. The Kier molecular flexibility index (Phi) is 3.27. The van der Waals surface area contributed by atoms with Crippen molar-refractivity contribution < 1.29 is 0 Å². The molecule has 1 fully saturated rings. The van der Waals surface area contributed by atoms with E-state index in [4.69, 9.17) is 5.73 Å². The number of anilines is 2. The first-order chi connectivity index (χ1) is 9.31. The van der Waals surface area contributed by atoms with Crippen LogP contribution in [0.1, 0.15) is 24.2 Å².